The predicted molar refractivity (Wildman–Crippen MR) is 57.8 cm³/mol. The summed E-state index contributed by atoms with van der Waals surface area (Å²) >= 11 is 0. The Kier molecular flexibility index (Phi) is 4.39. The molecule has 14 heavy (non-hydrogen) atoms. The average molecular weight is 198 g/mol. The molecular weight excluding hydrogens is 176 g/mol. The second-order valence-electron chi connectivity index (χ2n) is 4.27. The molecule has 0 aromatic heterocycles. The molecule has 3 nitrogen and oxygen atoms in total. The van der Waals surface area contributed by atoms with Gasteiger partial charge >= 0.3 is 0 Å². The predicted octanol–water partition coefficient (Wildman–Crippen LogP) is 1.28. The molecule has 1 heterocycles. The molecule has 2 unspecified atom stereocenters. The molecule has 1 saturated heterocycles. The third-order valence-corrected chi connectivity index (χ3v) is 3.50. The Bertz CT molecular complexity index is 190. The summed E-state index contributed by atoms with van der Waals surface area (Å²) in [6, 6.07) is -0.0886. The molecule has 0 aliphatic carbocycles. The highest BCUT2D eigenvalue weighted by atomic mass is 16.1. The second-order valence-corrected chi connectivity index (χ2v) is 4.27. The standard InChI is InChI=1S/C11H22N2O/c1-3-8(4-2)9-5-6-13-10(7-9)11(12)14/h8-10,13H,3-7H2,1-2H3,(H2,12,14). The summed E-state index contributed by atoms with van der Waals surface area (Å²) in [6.45, 7) is 5.40. The van der Waals surface area contributed by atoms with E-state index in [4.69, 9.17) is 5.73 Å². The van der Waals surface area contributed by atoms with Crippen LogP contribution >= 0.6 is 0 Å². The molecule has 3 N–H and O–H groups in total. The van der Waals surface area contributed by atoms with Gasteiger partial charge in [-0.1, -0.05) is 26.7 Å². The van der Waals surface area contributed by atoms with Gasteiger partial charge in [-0.25, -0.2) is 0 Å². The monoisotopic (exact) mass is 198 g/mol. The Hall–Kier alpha value is -0.570. The Labute approximate surface area is 86.4 Å². The first-order chi connectivity index (χ1) is 6.69. The molecule has 0 saturated carbocycles. The van der Waals surface area contributed by atoms with Crippen molar-refractivity contribution in [2.24, 2.45) is 17.6 Å². The average Bonchev–Trinajstić information content (AvgIpc) is 2.20. The maximum absolute atomic E-state index is 11.1. The number of carbonyl (C=O) groups is 1. The molecule has 1 amide bonds. The lowest BCUT2D eigenvalue weighted by molar-refractivity contribution is -0.121. The van der Waals surface area contributed by atoms with Crippen molar-refractivity contribution in [2.75, 3.05) is 6.54 Å². The number of piperidine rings is 1. The Balaban J connectivity index is 2.50. The van der Waals surface area contributed by atoms with Crippen molar-refractivity contribution in [2.45, 2.75) is 45.6 Å². The van der Waals surface area contributed by atoms with Crippen LogP contribution in [0.4, 0.5) is 0 Å². The van der Waals surface area contributed by atoms with Crippen LogP contribution in [0, 0.1) is 11.8 Å². The molecule has 0 spiro atoms. The Morgan fingerprint density at radius 1 is 1.50 bits per heavy atom. The van der Waals surface area contributed by atoms with Gasteiger partial charge in [-0.15, -0.1) is 0 Å². The van der Waals surface area contributed by atoms with E-state index in [0.29, 0.717) is 5.92 Å². The summed E-state index contributed by atoms with van der Waals surface area (Å²) in [7, 11) is 0. The summed E-state index contributed by atoms with van der Waals surface area (Å²) in [5.41, 5.74) is 5.31. The van der Waals surface area contributed by atoms with Gasteiger partial charge in [0.1, 0.15) is 0 Å². The van der Waals surface area contributed by atoms with Gasteiger partial charge in [0.25, 0.3) is 0 Å². The maximum Gasteiger partial charge on any atom is 0.234 e. The largest absolute Gasteiger partial charge is 0.368 e. The first-order valence-electron chi connectivity index (χ1n) is 5.71. The maximum atomic E-state index is 11.1. The quantitative estimate of drug-likeness (QED) is 0.715. The number of hydrogen-bond donors (Lipinski definition) is 2. The minimum atomic E-state index is -0.194. The highest BCUT2D eigenvalue weighted by Crippen LogP contribution is 2.28. The van der Waals surface area contributed by atoms with Crippen LogP contribution in [0.3, 0.4) is 0 Å². The third kappa shape index (κ3) is 2.71. The minimum absolute atomic E-state index is 0.0886. The van der Waals surface area contributed by atoms with Crippen LogP contribution in [0.2, 0.25) is 0 Å². The van der Waals surface area contributed by atoms with Gasteiger partial charge in [0, 0.05) is 0 Å². The fourth-order valence-corrected chi connectivity index (χ4v) is 2.55. The van der Waals surface area contributed by atoms with E-state index in [0.717, 1.165) is 18.9 Å². The number of carbonyl (C=O) groups excluding carboxylic acids is 1. The fourth-order valence-electron chi connectivity index (χ4n) is 2.55. The molecule has 1 aliphatic rings. The number of nitrogens with two attached hydrogens (primary N) is 1. The lowest BCUT2D eigenvalue weighted by Crippen LogP contribution is -2.47. The number of rotatable bonds is 4. The first-order valence-corrected chi connectivity index (χ1v) is 5.71. The Morgan fingerprint density at radius 3 is 2.64 bits per heavy atom. The van der Waals surface area contributed by atoms with E-state index in [1.54, 1.807) is 0 Å². The van der Waals surface area contributed by atoms with Gasteiger partial charge in [0.05, 0.1) is 6.04 Å². The molecular formula is C11H22N2O. The van der Waals surface area contributed by atoms with Gasteiger partial charge in [0.15, 0.2) is 0 Å². The van der Waals surface area contributed by atoms with Gasteiger partial charge in [-0.3, -0.25) is 4.79 Å². The van der Waals surface area contributed by atoms with E-state index in [9.17, 15) is 4.79 Å². The minimum Gasteiger partial charge on any atom is -0.368 e. The van der Waals surface area contributed by atoms with Crippen molar-refractivity contribution >= 4 is 5.91 Å². The van der Waals surface area contributed by atoms with Crippen molar-refractivity contribution in [3.63, 3.8) is 0 Å². The van der Waals surface area contributed by atoms with Crippen LogP contribution in [0.1, 0.15) is 39.5 Å². The molecule has 0 aromatic carbocycles. The zero-order valence-electron chi connectivity index (χ0n) is 9.25. The molecule has 0 radical (unpaired) electrons. The molecule has 3 heteroatoms. The van der Waals surface area contributed by atoms with E-state index in [1.807, 2.05) is 0 Å². The lowest BCUT2D eigenvalue weighted by atomic mass is 9.79. The molecule has 82 valence electrons. The molecule has 0 bridgehead atoms. The normalized spacial score (nSPS) is 27.9. The van der Waals surface area contributed by atoms with Crippen LogP contribution in [-0.2, 0) is 4.79 Å². The molecule has 1 fully saturated rings. The van der Waals surface area contributed by atoms with Gasteiger partial charge in [-0.05, 0) is 31.2 Å². The van der Waals surface area contributed by atoms with E-state index < -0.39 is 0 Å². The van der Waals surface area contributed by atoms with E-state index in [2.05, 4.69) is 19.2 Å². The van der Waals surface area contributed by atoms with Gasteiger partial charge < -0.3 is 11.1 Å². The fraction of sp³-hybridized carbons (Fsp3) is 0.909. The van der Waals surface area contributed by atoms with Crippen LogP contribution in [0.15, 0.2) is 0 Å². The van der Waals surface area contributed by atoms with Gasteiger partial charge in [-0.2, -0.15) is 0 Å². The first kappa shape index (κ1) is 11.5. The summed E-state index contributed by atoms with van der Waals surface area (Å²) in [6.07, 6.45) is 4.55. The van der Waals surface area contributed by atoms with Crippen molar-refractivity contribution in [3.8, 4) is 0 Å². The van der Waals surface area contributed by atoms with E-state index in [-0.39, 0.29) is 11.9 Å². The van der Waals surface area contributed by atoms with Crippen LogP contribution in [0.25, 0.3) is 0 Å². The number of nitrogens with one attached hydrogen (secondary N) is 1. The van der Waals surface area contributed by atoms with Crippen molar-refractivity contribution in [1.82, 2.24) is 5.32 Å². The third-order valence-electron chi connectivity index (χ3n) is 3.50. The molecule has 0 aromatic rings. The number of hydrogen-bond acceptors (Lipinski definition) is 2. The summed E-state index contributed by atoms with van der Waals surface area (Å²) in [5.74, 6) is 1.25. The number of amides is 1. The van der Waals surface area contributed by atoms with E-state index in [1.165, 1.54) is 19.3 Å². The SMILES string of the molecule is CCC(CC)C1CCNC(C(N)=O)C1. The van der Waals surface area contributed by atoms with Crippen molar-refractivity contribution in [1.29, 1.82) is 0 Å². The zero-order valence-corrected chi connectivity index (χ0v) is 9.25. The van der Waals surface area contributed by atoms with E-state index >= 15 is 0 Å². The molecule has 2 atom stereocenters. The summed E-state index contributed by atoms with van der Waals surface area (Å²) < 4.78 is 0. The highest BCUT2D eigenvalue weighted by Gasteiger charge is 2.28. The van der Waals surface area contributed by atoms with Crippen LogP contribution in [0.5, 0.6) is 0 Å². The van der Waals surface area contributed by atoms with Gasteiger partial charge in [0.2, 0.25) is 5.91 Å². The smallest absolute Gasteiger partial charge is 0.234 e. The zero-order chi connectivity index (χ0) is 10.6. The van der Waals surface area contributed by atoms with Crippen molar-refractivity contribution < 1.29 is 4.79 Å². The molecule has 1 aliphatic heterocycles. The van der Waals surface area contributed by atoms with Crippen LogP contribution in [-0.4, -0.2) is 18.5 Å². The number of primary amides is 1. The summed E-state index contributed by atoms with van der Waals surface area (Å²) in [5, 5.41) is 3.18. The Morgan fingerprint density at radius 2 is 2.14 bits per heavy atom. The lowest BCUT2D eigenvalue weighted by Gasteiger charge is -2.33. The highest BCUT2D eigenvalue weighted by molar-refractivity contribution is 5.79. The topological polar surface area (TPSA) is 55.1 Å². The second kappa shape index (κ2) is 5.35. The van der Waals surface area contributed by atoms with Crippen LogP contribution < -0.4 is 11.1 Å². The van der Waals surface area contributed by atoms with Crippen molar-refractivity contribution in [3.05, 3.63) is 0 Å². The molecule has 1 rings (SSSR count). The summed E-state index contributed by atoms with van der Waals surface area (Å²) in [4.78, 5) is 11.1.